The van der Waals surface area contributed by atoms with E-state index in [1.54, 1.807) is 12.3 Å². The number of nitrogens with one attached hydrogen (secondary N) is 3. The number of hydrogen-bond donors (Lipinski definition) is 3. The van der Waals surface area contributed by atoms with Gasteiger partial charge in [-0.3, -0.25) is 9.89 Å². The van der Waals surface area contributed by atoms with Crippen molar-refractivity contribution in [1.82, 2.24) is 15.5 Å². The molecule has 0 unspecified atom stereocenters. The third-order valence-electron chi connectivity index (χ3n) is 3.36. The van der Waals surface area contributed by atoms with Gasteiger partial charge in [-0.15, -0.1) is 0 Å². The Morgan fingerprint density at radius 1 is 1.32 bits per heavy atom. The Morgan fingerprint density at radius 3 is 3.00 bits per heavy atom. The van der Waals surface area contributed by atoms with Crippen molar-refractivity contribution < 1.29 is 4.79 Å². The van der Waals surface area contributed by atoms with Crippen LogP contribution < -0.4 is 10.6 Å². The molecule has 0 saturated carbocycles. The van der Waals surface area contributed by atoms with E-state index >= 15 is 0 Å². The summed E-state index contributed by atoms with van der Waals surface area (Å²) >= 11 is 6.18. The highest BCUT2D eigenvalue weighted by Crippen LogP contribution is 2.25. The molecule has 0 aliphatic carbocycles. The molecular weight excluding hydrogens is 300 g/mol. The predicted octanol–water partition coefficient (Wildman–Crippen LogP) is 3.19. The zero-order chi connectivity index (χ0) is 15.5. The summed E-state index contributed by atoms with van der Waals surface area (Å²) in [6.45, 7) is 0.737. The number of fused-ring (bicyclic) bond motifs is 1. The molecule has 0 bridgehead atoms. The second-order valence-electron chi connectivity index (χ2n) is 4.94. The van der Waals surface area contributed by atoms with Gasteiger partial charge in [0.25, 0.3) is 5.91 Å². The molecule has 1 aromatic heterocycles. The third-order valence-corrected chi connectivity index (χ3v) is 3.67. The van der Waals surface area contributed by atoms with E-state index in [-0.39, 0.29) is 5.91 Å². The zero-order valence-electron chi connectivity index (χ0n) is 12.0. The highest BCUT2D eigenvalue weighted by molar-refractivity contribution is 6.36. The van der Waals surface area contributed by atoms with Crippen molar-refractivity contribution in [3.63, 3.8) is 0 Å². The maximum absolute atomic E-state index is 12.6. The molecular formula is C16H15ClN4O. The lowest BCUT2D eigenvalue weighted by atomic mass is 10.1. The van der Waals surface area contributed by atoms with Gasteiger partial charge in [-0.25, -0.2) is 0 Å². The summed E-state index contributed by atoms with van der Waals surface area (Å²) in [5.41, 5.74) is 2.85. The van der Waals surface area contributed by atoms with Crippen LogP contribution in [-0.4, -0.2) is 23.2 Å². The lowest BCUT2D eigenvalue weighted by Crippen LogP contribution is -2.14. The molecule has 3 aromatic rings. The molecule has 2 aromatic carbocycles. The minimum absolute atomic E-state index is 0.263. The number of hydrogen-bond acceptors (Lipinski definition) is 3. The predicted molar refractivity (Wildman–Crippen MR) is 88.3 cm³/mol. The first kappa shape index (κ1) is 14.6. The molecule has 6 heteroatoms. The Balaban J connectivity index is 1.92. The van der Waals surface area contributed by atoms with Crippen LogP contribution in [0.3, 0.4) is 0 Å². The first-order chi connectivity index (χ1) is 10.7. The number of anilines is 1. The highest BCUT2D eigenvalue weighted by atomic mass is 35.5. The normalized spacial score (nSPS) is 10.8. The van der Waals surface area contributed by atoms with Gasteiger partial charge in [0.05, 0.1) is 22.3 Å². The number of halogens is 1. The van der Waals surface area contributed by atoms with Gasteiger partial charge >= 0.3 is 0 Å². The molecule has 0 fully saturated rings. The van der Waals surface area contributed by atoms with E-state index in [9.17, 15) is 4.79 Å². The number of amides is 1. The molecule has 3 rings (SSSR count). The molecule has 0 aliphatic rings. The van der Waals surface area contributed by atoms with Crippen LogP contribution in [0.4, 0.5) is 5.69 Å². The van der Waals surface area contributed by atoms with Crippen molar-refractivity contribution in [1.29, 1.82) is 0 Å². The van der Waals surface area contributed by atoms with E-state index in [2.05, 4.69) is 20.8 Å². The van der Waals surface area contributed by atoms with Gasteiger partial charge in [0.1, 0.15) is 0 Å². The SMILES string of the molecule is CNCc1cccc(NC(=O)c2c(Cl)ccc3cn[nH]c23)c1. The summed E-state index contributed by atoms with van der Waals surface area (Å²) < 4.78 is 0. The fourth-order valence-corrected chi connectivity index (χ4v) is 2.61. The lowest BCUT2D eigenvalue weighted by molar-refractivity contribution is 0.102. The monoisotopic (exact) mass is 314 g/mol. The van der Waals surface area contributed by atoms with Gasteiger partial charge in [0.2, 0.25) is 0 Å². The number of benzene rings is 2. The molecule has 1 amide bonds. The number of carbonyl (C=O) groups excluding carboxylic acids is 1. The largest absolute Gasteiger partial charge is 0.322 e. The van der Waals surface area contributed by atoms with Gasteiger partial charge in [-0.05, 0) is 36.9 Å². The van der Waals surface area contributed by atoms with E-state index in [1.165, 1.54) is 0 Å². The van der Waals surface area contributed by atoms with Crippen LogP contribution in [0.25, 0.3) is 10.9 Å². The van der Waals surface area contributed by atoms with E-state index in [4.69, 9.17) is 11.6 Å². The number of H-pyrrole nitrogens is 1. The first-order valence-corrected chi connectivity index (χ1v) is 7.23. The van der Waals surface area contributed by atoms with Crippen LogP contribution in [0.2, 0.25) is 5.02 Å². The second-order valence-corrected chi connectivity index (χ2v) is 5.35. The van der Waals surface area contributed by atoms with Crippen molar-refractivity contribution in [3.05, 3.63) is 58.7 Å². The lowest BCUT2D eigenvalue weighted by Gasteiger charge is -2.09. The fraction of sp³-hybridized carbons (Fsp3) is 0.125. The quantitative estimate of drug-likeness (QED) is 0.692. The van der Waals surface area contributed by atoms with E-state index in [0.29, 0.717) is 16.1 Å². The van der Waals surface area contributed by atoms with E-state index < -0.39 is 0 Å². The minimum atomic E-state index is -0.263. The average molecular weight is 315 g/mol. The molecule has 3 N–H and O–H groups in total. The molecule has 0 spiro atoms. The van der Waals surface area contributed by atoms with Crippen molar-refractivity contribution in [3.8, 4) is 0 Å². The maximum Gasteiger partial charge on any atom is 0.259 e. The Kier molecular flexibility index (Phi) is 4.09. The van der Waals surface area contributed by atoms with E-state index in [0.717, 1.165) is 23.2 Å². The standard InChI is InChI=1S/C16H15ClN4O/c1-18-8-10-3-2-4-12(7-10)20-16(22)14-13(17)6-5-11-9-19-21-15(11)14/h2-7,9,18H,8H2,1H3,(H,19,21)(H,20,22). The Labute approximate surface area is 132 Å². The van der Waals surface area contributed by atoms with Crippen molar-refractivity contribution in [2.75, 3.05) is 12.4 Å². The average Bonchev–Trinajstić information content (AvgIpc) is 2.96. The molecule has 0 saturated heterocycles. The molecule has 0 aliphatic heterocycles. The Morgan fingerprint density at radius 2 is 2.18 bits per heavy atom. The van der Waals surface area contributed by atoms with Crippen molar-refractivity contribution in [2.24, 2.45) is 0 Å². The number of nitrogens with zero attached hydrogens (tertiary/aromatic N) is 1. The second kappa shape index (κ2) is 6.17. The van der Waals surface area contributed by atoms with Crippen LogP contribution in [0.1, 0.15) is 15.9 Å². The molecule has 0 radical (unpaired) electrons. The van der Waals surface area contributed by atoms with Crippen LogP contribution in [0, 0.1) is 0 Å². The van der Waals surface area contributed by atoms with Crippen LogP contribution in [0.5, 0.6) is 0 Å². The maximum atomic E-state index is 12.6. The summed E-state index contributed by atoms with van der Waals surface area (Å²) in [4.78, 5) is 12.6. The molecule has 22 heavy (non-hydrogen) atoms. The molecule has 0 atom stereocenters. The van der Waals surface area contributed by atoms with Crippen LogP contribution in [-0.2, 0) is 6.54 Å². The summed E-state index contributed by atoms with van der Waals surface area (Å²) in [6.07, 6.45) is 1.66. The topological polar surface area (TPSA) is 69.8 Å². The zero-order valence-corrected chi connectivity index (χ0v) is 12.7. The van der Waals surface area contributed by atoms with Crippen LogP contribution in [0.15, 0.2) is 42.6 Å². The summed E-state index contributed by atoms with van der Waals surface area (Å²) in [7, 11) is 1.88. The minimum Gasteiger partial charge on any atom is -0.322 e. The number of aromatic nitrogens is 2. The van der Waals surface area contributed by atoms with Gasteiger partial charge in [0, 0.05) is 17.6 Å². The number of rotatable bonds is 4. The summed E-state index contributed by atoms with van der Waals surface area (Å²) in [5.74, 6) is -0.263. The van der Waals surface area contributed by atoms with Crippen molar-refractivity contribution in [2.45, 2.75) is 6.54 Å². The first-order valence-electron chi connectivity index (χ1n) is 6.85. The third kappa shape index (κ3) is 2.81. The fourth-order valence-electron chi connectivity index (χ4n) is 2.37. The Bertz CT molecular complexity index is 828. The van der Waals surface area contributed by atoms with Gasteiger partial charge in [0.15, 0.2) is 0 Å². The van der Waals surface area contributed by atoms with Crippen molar-refractivity contribution >= 4 is 34.1 Å². The number of aromatic amines is 1. The smallest absolute Gasteiger partial charge is 0.259 e. The number of carbonyl (C=O) groups is 1. The van der Waals surface area contributed by atoms with Gasteiger partial charge in [-0.1, -0.05) is 23.7 Å². The van der Waals surface area contributed by atoms with Gasteiger partial charge in [-0.2, -0.15) is 5.10 Å². The molecule has 1 heterocycles. The van der Waals surface area contributed by atoms with Crippen LogP contribution >= 0.6 is 11.6 Å². The molecule has 5 nitrogen and oxygen atoms in total. The Hall–Kier alpha value is -2.37. The van der Waals surface area contributed by atoms with E-state index in [1.807, 2.05) is 37.4 Å². The molecule has 112 valence electrons. The highest BCUT2D eigenvalue weighted by Gasteiger charge is 2.16. The summed E-state index contributed by atoms with van der Waals surface area (Å²) in [5, 5.41) is 14.0. The van der Waals surface area contributed by atoms with Gasteiger partial charge < -0.3 is 10.6 Å². The summed E-state index contributed by atoms with van der Waals surface area (Å²) in [6, 6.07) is 11.2.